The zero-order chi connectivity index (χ0) is 11.9. The van der Waals surface area contributed by atoms with E-state index in [1.807, 2.05) is 0 Å². The lowest BCUT2D eigenvalue weighted by molar-refractivity contribution is 0.0683. The molecule has 0 amide bonds. The first-order valence-corrected chi connectivity index (χ1v) is 4.92. The SMILES string of the molecule is Cn1nc(C(=O)O)c(=O)n(CC2CC2)c1=O. The number of carboxylic acid groups (broad SMARTS) is 1. The van der Waals surface area contributed by atoms with Crippen molar-refractivity contribution in [2.24, 2.45) is 13.0 Å². The van der Waals surface area contributed by atoms with Crippen molar-refractivity contribution in [1.82, 2.24) is 14.3 Å². The highest BCUT2D eigenvalue weighted by Gasteiger charge is 2.25. The third-order valence-electron chi connectivity index (χ3n) is 2.55. The average molecular weight is 225 g/mol. The predicted octanol–water partition coefficient (Wildman–Crippen LogP) is -0.950. The molecule has 0 aromatic carbocycles. The second-order valence-electron chi connectivity index (χ2n) is 3.92. The van der Waals surface area contributed by atoms with Gasteiger partial charge in [-0.1, -0.05) is 0 Å². The van der Waals surface area contributed by atoms with Gasteiger partial charge in [0.25, 0.3) is 5.56 Å². The molecule has 1 fully saturated rings. The summed E-state index contributed by atoms with van der Waals surface area (Å²) in [7, 11) is 1.33. The van der Waals surface area contributed by atoms with Crippen molar-refractivity contribution >= 4 is 5.97 Å². The molecule has 0 spiro atoms. The highest BCUT2D eigenvalue weighted by Crippen LogP contribution is 2.29. The third-order valence-corrected chi connectivity index (χ3v) is 2.55. The number of aromatic nitrogens is 3. The van der Waals surface area contributed by atoms with E-state index in [9.17, 15) is 14.4 Å². The summed E-state index contributed by atoms with van der Waals surface area (Å²) < 4.78 is 1.83. The molecule has 7 heteroatoms. The smallest absolute Gasteiger partial charge is 0.362 e. The van der Waals surface area contributed by atoms with E-state index in [1.54, 1.807) is 0 Å². The van der Waals surface area contributed by atoms with Crippen LogP contribution < -0.4 is 11.2 Å². The van der Waals surface area contributed by atoms with Crippen molar-refractivity contribution in [3.63, 3.8) is 0 Å². The van der Waals surface area contributed by atoms with Gasteiger partial charge in [-0.3, -0.25) is 9.36 Å². The van der Waals surface area contributed by atoms with Crippen LogP contribution >= 0.6 is 0 Å². The summed E-state index contributed by atoms with van der Waals surface area (Å²) >= 11 is 0. The molecule has 1 aliphatic rings. The highest BCUT2D eigenvalue weighted by atomic mass is 16.4. The Balaban J connectivity index is 2.60. The van der Waals surface area contributed by atoms with Gasteiger partial charge in [-0.05, 0) is 18.8 Å². The molecule has 0 aliphatic heterocycles. The number of hydrogen-bond acceptors (Lipinski definition) is 4. The molecule has 0 radical (unpaired) electrons. The second kappa shape index (κ2) is 3.58. The van der Waals surface area contributed by atoms with Gasteiger partial charge in [0.2, 0.25) is 5.69 Å². The van der Waals surface area contributed by atoms with Crippen LogP contribution in [0.25, 0.3) is 0 Å². The Kier molecular flexibility index (Phi) is 2.37. The minimum atomic E-state index is -1.41. The zero-order valence-corrected chi connectivity index (χ0v) is 8.71. The van der Waals surface area contributed by atoms with Crippen molar-refractivity contribution < 1.29 is 9.90 Å². The van der Waals surface area contributed by atoms with Crippen molar-refractivity contribution in [3.05, 3.63) is 26.5 Å². The van der Waals surface area contributed by atoms with Gasteiger partial charge >= 0.3 is 11.7 Å². The molecule has 2 rings (SSSR count). The molecule has 0 atom stereocenters. The second-order valence-corrected chi connectivity index (χ2v) is 3.92. The van der Waals surface area contributed by atoms with E-state index in [-0.39, 0.29) is 6.54 Å². The van der Waals surface area contributed by atoms with E-state index in [0.29, 0.717) is 5.92 Å². The maximum absolute atomic E-state index is 11.7. The maximum Gasteiger partial charge on any atom is 0.362 e. The average Bonchev–Trinajstić information content (AvgIpc) is 3.01. The fraction of sp³-hybridized carbons (Fsp3) is 0.556. The molecule has 1 aromatic heterocycles. The molecule has 1 heterocycles. The summed E-state index contributed by atoms with van der Waals surface area (Å²) in [4.78, 5) is 34.0. The summed E-state index contributed by atoms with van der Waals surface area (Å²) in [5.41, 5.74) is -1.99. The van der Waals surface area contributed by atoms with Gasteiger partial charge in [-0.25, -0.2) is 14.3 Å². The molecule has 1 aromatic rings. The molecule has 0 saturated heterocycles. The summed E-state index contributed by atoms with van der Waals surface area (Å²) in [5.74, 6) is -1.10. The minimum absolute atomic E-state index is 0.286. The van der Waals surface area contributed by atoms with Crippen LogP contribution in [0.1, 0.15) is 23.3 Å². The van der Waals surface area contributed by atoms with Gasteiger partial charge in [0.05, 0.1) is 0 Å². The van der Waals surface area contributed by atoms with Crippen LogP contribution in [-0.2, 0) is 13.6 Å². The van der Waals surface area contributed by atoms with Gasteiger partial charge in [0, 0.05) is 13.6 Å². The number of aryl methyl sites for hydroxylation is 1. The van der Waals surface area contributed by atoms with E-state index < -0.39 is 22.9 Å². The Morgan fingerprint density at radius 1 is 1.50 bits per heavy atom. The van der Waals surface area contributed by atoms with Gasteiger partial charge in [0.15, 0.2) is 0 Å². The Labute approximate surface area is 89.9 Å². The Morgan fingerprint density at radius 3 is 2.62 bits per heavy atom. The monoisotopic (exact) mass is 225 g/mol. The lowest BCUT2D eigenvalue weighted by atomic mass is 10.4. The van der Waals surface area contributed by atoms with E-state index >= 15 is 0 Å². The topological polar surface area (TPSA) is 94.2 Å². The molecule has 0 bridgehead atoms. The van der Waals surface area contributed by atoms with Crippen LogP contribution in [0.15, 0.2) is 9.59 Å². The molecule has 16 heavy (non-hydrogen) atoms. The zero-order valence-electron chi connectivity index (χ0n) is 8.71. The van der Waals surface area contributed by atoms with Gasteiger partial charge in [-0.15, -0.1) is 0 Å². The number of rotatable bonds is 3. The number of carbonyl (C=O) groups is 1. The molecule has 1 N–H and O–H groups in total. The predicted molar refractivity (Wildman–Crippen MR) is 53.4 cm³/mol. The van der Waals surface area contributed by atoms with Crippen LogP contribution in [0.3, 0.4) is 0 Å². The van der Waals surface area contributed by atoms with Gasteiger partial charge in [0.1, 0.15) is 0 Å². The number of hydrogen-bond donors (Lipinski definition) is 1. The Morgan fingerprint density at radius 2 is 2.12 bits per heavy atom. The molecule has 1 saturated carbocycles. The summed E-state index contributed by atoms with van der Waals surface area (Å²) in [6.07, 6.45) is 1.95. The lowest BCUT2D eigenvalue weighted by Gasteiger charge is -2.06. The molecular weight excluding hydrogens is 214 g/mol. The highest BCUT2D eigenvalue weighted by molar-refractivity contribution is 5.84. The van der Waals surface area contributed by atoms with Crippen LogP contribution in [-0.4, -0.2) is 25.4 Å². The Hall–Kier alpha value is -1.92. The van der Waals surface area contributed by atoms with Crippen LogP contribution in [0.2, 0.25) is 0 Å². The summed E-state index contributed by atoms with van der Waals surface area (Å²) in [5, 5.41) is 12.2. The number of aromatic carboxylic acids is 1. The molecular formula is C9H11N3O4. The van der Waals surface area contributed by atoms with Gasteiger partial charge in [-0.2, -0.15) is 5.10 Å². The normalized spacial score (nSPS) is 15.1. The number of nitrogens with zero attached hydrogens (tertiary/aromatic N) is 3. The van der Waals surface area contributed by atoms with Crippen molar-refractivity contribution in [2.45, 2.75) is 19.4 Å². The fourth-order valence-electron chi connectivity index (χ4n) is 1.48. The molecule has 7 nitrogen and oxygen atoms in total. The minimum Gasteiger partial charge on any atom is -0.476 e. The van der Waals surface area contributed by atoms with E-state index in [4.69, 9.17) is 5.11 Å². The maximum atomic E-state index is 11.7. The first-order chi connectivity index (χ1) is 7.50. The van der Waals surface area contributed by atoms with Crippen LogP contribution in [0.5, 0.6) is 0 Å². The fourth-order valence-corrected chi connectivity index (χ4v) is 1.48. The number of carboxylic acids is 1. The van der Waals surface area contributed by atoms with Crippen molar-refractivity contribution in [2.75, 3.05) is 0 Å². The molecule has 0 unspecified atom stereocenters. The van der Waals surface area contributed by atoms with Gasteiger partial charge < -0.3 is 5.11 Å². The molecule has 86 valence electrons. The quantitative estimate of drug-likeness (QED) is 0.715. The summed E-state index contributed by atoms with van der Waals surface area (Å²) in [6, 6.07) is 0. The van der Waals surface area contributed by atoms with E-state index in [1.165, 1.54) is 7.05 Å². The van der Waals surface area contributed by atoms with Crippen LogP contribution in [0, 0.1) is 5.92 Å². The standard InChI is InChI=1S/C9H11N3O4/c1-11-9(16)12(4-5-2-3-5)7(13)6(10-11)8(14)15/h5H,2-4H2,1H3,(H,14,15). The van der Waals surface area contributed by atoms with Crippen molar-refractivity contribution in [1.29, 1.82) is 0 Å². The lowest BCUT2D eigenvalue weighted by Crippen LogP contribution is -2.44. The first kappa shape index (κ1) is 10.6. The van der Waals surface area contributed by atoms with Crippen molar-refractivity contribution in [3.8, 4) is 0 Å². The Bertz CT molecular complexity index is 553. The van der Waals surface area contributed by atoms with E-state index in [0.717, 1.165) is 22.1 Å². The molecule has 1 aliphatic carbocycles. The largest absolute Gasteiger partial charge is 0.476 e. The first-order valence-electron chi connectivity index (χ1n) is 4.92. The van der Waals surface area contributed by atoms with Crippen LogP contribution in [0.4, 0.5) is 0 Å². The third kappa shape index (κ3) is 1.75. The van der Waals surface area contributed by atoms with E-state index in [2.05, 4.69) is 5.10 Å². The summed E-state index contributed by atoms with van der Waals surface area (Å²) in [6.45, 7) is 0.286.